The molecule has 0 saturated heterocycles. The van der Waals surface area contributed by atoms with E-state index in [-0.39, 0.29) is 24.3 Å². The fourth-order valence-corrected chi connectivity index (χ4v) is 4.26. The molecule has 0 atom stereocenters. The number of halogens is 2. The van der Waals surface area contributed by atoms with Crippen LogP contribution >= 0.6 is 11.6 Å². The quantitative estimate of drug-likeness (QED) is 0.252. The van der Waals surface area contributed by atoms with E-state index < -0.39 is 11.7 Å². The zero-order valence-corrected chi connectivity index (χ0v) is 23.4. The van der Waals surface area contributed by atoms with Gasteiger partial charge in [0.2, 0.25) is 11.9 Å². The number of rotatable bonds is 10. The van der Waals surface area contributed by atoms with Crippen LogP contribution in [0.1, 0.15) is 24.2 Å². The molecule has 10 heteroatoms. The molecule has 0 saturated carbocycles. The summed E-state index contributed by atoms with van der Waals surface area (Å²) in [5.74, 6) is 0.195. The molecule has 3 aromatic carbocycles. The highest BCUT2D eigenvalue weighted by molar-refractivity contribution is 6.30. The first-order valence-electron chi connectivity index (χ1n) is 12.6. The molecule has 208 valence electrons. The second-order valence-electron chi connectivity index (χ2n) is 9.53. The van der Waals surface area contributed by atoms with E-state index in [0.29, 0.717) is 40.0 Å². The second kappa shape index (κ2) is 12.7. The summed E-state index contributed by atoms with van der Waals surface area (Å²) < 4.78 is 26.0. The number of amides is 2. The number of ether oxygens (including phenoxy) is 2. The summed E-state index contributed by atoms with van der Waals surface area (Å²) in [6.45, 7) is 4.01. The standard InChI is InChI=1S/C30H30ClFN4O4/c1-19(2)16-35(29(38)21-7-11-23(32)12-8-21)18-28(37)34-30-33-27(20-5-9-22(31)10-6-20)17-36(30)24-13-25(39-3)15-26(14-24)40-4/h5-15,17,19H,16,18H2,1-4H3,(H,33,34,37). The summed E-state index contributed by atoms with van der Waals surface area (Å²) in [4.78, 5) is 32.6. The predicted molar refractivity (Wildman–Crippen MR) is 153 cm³/mol. The van der Waals surface area contributed by atoms with E-state index in [4.69, 9.17) is 21.1 Å². The minimum atomic E-state index is -0.444. The van der Waals surface area contributed by atoms with E-state index >= 15 is 0 Å². The Bertz CT molecular complexity index is 1460. The van der Waals surface area contributed by atoms with Crippen LogP contribution < -0.4 is 14.8 Å². The van der Waals surface area contributed by atoms with Crippen molar-refractivity contribution in [3.05, 3.63) is 89.3 Å². The summed E-state index contributed by atoms with van der Waals surface area (Å²) in [7, 11) is 3.10. The fraction of sp³-hybridized carbons (Fsp3) is 0.233. The number of aromatic nitrogens is 2. The molecule has 0 fully saturated rings. The van der Waals surface area contributed by atoms with Gasteiger partial charge < -0.3 is 14.4 Å². The molecule has 0 unspecified atom stereocenters. The summed E-state index contributed by atoms with van der Waals surface area (Å²) >= 11 is 6.07. The average Bonchev–Trinajstić information content (AvgIpc) is 3.36. The SMILES string of the molecule is COc1cc(OC)cc(-n2cc(-c3ccc(Cl)cc3)nc2NC(=O)CN(CC(C)C)C(=O)c2ccc(F)cc2)c1. The maximum Gasteiger partial charge on any atom is 0.254 e. The molecule has 4 rings (SSSR count). The molecule has 0 spiro atoms. The van der Waals surface area contributed by atoms with Crippen molar-refractivity contribution in [3.8, 4) is 28.4 Å². The third-order valence-corrected chi connectivity index (χ3v) is 6.26. The highest BCUT2D eigenvalue weighted by atomic mass is 35.5. The zero-order chi connectivity index (χ0) is 28.8. The van der Waals surface area contributed by atoms with Gasteiger partial charge in [-0.1, -0.05) is 37.6 Å². The number of hydrogen-bond donors (Lipinski definition) is 1. The van der Waals surface area contributed by atoms with Gasteiger partial charge in [0.25, 0.3) is 5.91 Å². The summed E-state index contributed by atoms with van der Waals surface area (Å²) in [5, 5.41) is 3.44. The predicted octanol–water partition coefficient (Wildman–Crippen LogP) is 6.09. The van der Waals surface area contributed by atoms with Gasteiger partial charge in [0.1, 0.15) is 23.9 Å². The molecule has 1 heterocycles. The summed E-state index contributed by atoms with van der Waals surface area (Å²) in [6.07, 6.45) is 1.78. The number of anilines is 1. The molecule has 40 heavy (non-hydrogen) atoms. The number of benzene rings is 3. The third-order valence-electron chi connectivity index (χ3n) is 6.01. The van der Waals surface area contributed by atoms with Crippen molar-refractivity contribution >= 4 is 29.4 Å². The lowest BCUT2D eigenvalue weighted by atomic mass is 10.1. The Labute approximate surface area is 237 Å². The molecular formula is C30H30ClFN4O4. The maximum atomic E-state index is 13.4. The zero-order valence-electron chi connectivity index (χ0n) is 22.7. The van der Waals surface area contributed by atoms with E-state index in [1.807, 2.05) is 26.0 Å². The molecule has 0 aliphatic carbocycles. The normalized spacial score (nSPS) is 10.9. The highest BCUT2D eigenvalue weighted by Gasteiger charge is 2.22. The Morgan fingerprint density at radius 1 is 1.00 bits per heavy atom. The van der Waals surface area contributed by atoms with Crippen LogP contribution in [0.4, 0.5) is 10.3 Å². The third kappa shape index (κ3) is 6.98. The Kier molecular flexibility index (Phi) is 9.06. The Morgan fingerprint density at radius 3 is 2.20 bits per heavy atom. The number of imidazole rings is 1. The molecule has 4 aromatic rings. The number of methoxy groups -OCH3 is 2. The number of carbonyl (C=O) groups excluding carboxylic acids is 2. The van der Waals surface area contributed by atoms with E-state index in [2.05, 4.69) is 10.3 Å². The molecular weight excluding hydrogens is 535 g/mol. The van der Waals surface area contributed by atoms with Crippen molar-refractivity contribution in [2.75, 3.05) is 32.6 Å². The summed E-state index contributed by atoms with van der Waals surface area (Å²) in [6, 6.07) is 17.7. The van der Waals surface area contributed by atoms with E-state index in [1.165, 1.54) is 29.2 Å². The number of hydrogen-bond acceptors (Lipinski definition) is 5. The van der Waals surface area contributed by atoms with Gasteiger partial charge in [-0.05, 0) is 42.3 Å². The highest BCUT2D eigenvalue weighted by Crippen LogP contribution is 2.30. The van der Waals surface area contributed by atoms with Crippen LogP contribution in [0.5, 0.6) is 11.5 Å². The minimum absolute atomic E-state index is 0.0972. The van der Waals surface area contributed by atoms with Gasteiger partial charge in [-0.25, -0.2) is 9.37 Å². The lowest BCUT2D eigenvalue weighted by molar-refractivity contribution is -0.117. The van der Waals surface area contributed by atoms with Crippen LogP contribution in [0.3, 0.4) is 0 Å². The average molecular weight is 565 g/mol. The van der Waals surface area contributed by atoms with Crippen molar-refractivity contribution in [1.82, 2.24) is 14.5 Å². The van der Waals surface area contributed by atoms with Crippen LogP contribution in [0.25, 0.3) is 16.9 Å². The monoisotopic (exact) mass is 564 g/mol. The van der Waals surface area contributed by atoms with Crippen molar-refractivity contribution in [2.24, 2.45) is 5.92 Å². The topological polar surface area (TPSA) is 85.7 Å². The Hall–Kier alpha value is -4.37. The van der Waals surface area contributed by atoms with Crippen molar-refractivity contribution < 1.29 is 23.5 Å². The summed E-state index contributed by atoms with van der Waals surface area (Å²) in [5.41, 5.74) is 2.32. The first kappa shape index (κ1) is 28.6. The number of carbonyl (C=O) groups is 2. The van der Waals surface area contributed by atoms with Crippen molar-refractivity contribution in [2.45, 2.75) is 13.8 Å². The van der Waals surface area contributed by atoms with E-state index in [9.17, 15) is 14.0 Å². The molecule has 0 aliphatic heterocycles. The van der Waals surface area contributed by atoms with Gasteiger partial charge >= 0.3 is 0 Å². The van der Waals surface area contributed by atoms with Gasteiger partial charge in [-0.15, -0.1) is 0 Å². The van der Waals surface area contributed by atoms with Gasteiger partial charge in [0.05, 0.1) is 25.6 Å². The van der Waals surface area contributed by atoms with Crippen molar-refractivity contribution in [3.63, 3.8) is 0 Å². The van der Waals surface area contributed by atoms with Gasteiger partial charge in [0.15, 0.2) is 0 Å². The molecule has 1 N–H and O–H groups in total. The van der Waals surface area contributed by atoms with Crippen LogP contribution in [0, 0.1) is 11.7 Å². The molecule has 2 amide bonds. The number of nitrogens with zero attached hydrogens (tertiary/aromatic N) is 3. The number of nitrogens with one attached hydrogen (secondary N) is 1. The van der Waals surface area contributed by atoms with Gasteiger partial charge in [0, 0.05) is 47.1 Å². The van der Waals surface area contributed by atoms with E-state index in [1.54, 1.807) is 55.3 Å². The van der Waals surface area contributed by atoms with Crippen molar-refractivity contribution in [1.29, 1.82) is 0 Å². The lowest BCUT2D eigenvalue weighted by Crippen LogP contribution is -2.40. The molecule has 1 aromatic heterocycles. The minimum Gasteiger partial charge on any atom is -0.497 e. The lowest BCUT2D eigenvalue weighted by Gasteiger charge is -2.24. The Morgan fingerprint density at radius 2 is 1.62 bits per heavy atom. The van der Waals surface area contributed by atoms with Crippen LogP contribution in [-0.2, 0) is 4.79 Å². The Balaban J connectivity index is 1.67. The molecule has 8 nitrogen and oxygen atoms in total. The van der Waals surface area contributed by atoms with Crippen LogP contribution in [0.15, 0.2) is 72.9 Å². The van der Waals surface area contributed by atoms with Crippen LogP contribution in [-0.4, -0.2) is 53.6 Å². The smallest absolute Gasteiger partial charge is 0.254 e. The molecule has 0 bridgehead atoms. The first-order valence-corrected chi connectivity index (χ1v) is 13.0. The van der Waals surface area contributed by atoms with Gasteiger partial charge in [-0.3, -0.25) is 19.5 Å². The first-order chi connectivity index (χ1) is 19.2. The van der Waals surface area contributed by atoms with Crippen LogP contribution in [0.2, 0.25) is 5.02 Å². The fourth-order valence-electron chi connectivity index (χ4n) is 4.13. The van der Waals surface area contributed by atoms with Gasteiger partial charge in [-0.2, -0.15) is 0 Å². The maximum absolute atomic E-state index is 13.4. The molecule has 0 aliphatic rings. The largest absolute Gasteiger partial charge is 0.497 e. The van der Waals surface area contributed by atoms with E-state index in [0.717, 1.165) is 5.56 Å². The molecule has 0 radical (unpaired) electrons. The second-order valence-corrected chi connectivity index (χ2v) is 9.97.